The minimum Gasteiger partial charge on any atom is -0.274 e. The fourth-order valence-electron chi connectivity index (χ4n) is 3.86. The molecule has 0 radical (unpaired) electrons. The van der Waals surface area contributed by atoms with E-state index in [1.807, 2.05) is 62.4 Å². The van der Waals surface area contributed by atoms with E-state index in [0.29, 0.717) is 22.2 Å². The fraction of sp³-hybridized carbons (Fsp3) is 0.148. The van der Waals surface area contributed by atoms with E-state index in [0.717, 1.165) is 26.7 Å². The first-order valence-electron chi connectivity index (χ1n) is 11.1. The number of rotatable bonds is 5. The number of imide groups is 1. The van der Waals surface area contributed by atoms with Gasteiger partial charge in [-0.25, -0.2) is 9.88 Å². The van der Waals surface area contributed by atoms with Crippen LogP contribution in [0.3, 0.4) is 0 Å². The quantitative estimate of drug-likeness (QED) is 0.286. The van der Waals surface area contributed by atoms with Gasteiger partial charge in [0.25, 0.3) is 0 Å². The van der Waals surface area contributed by atoms with Gasteiger partial charge in [-0.05, 0) is 38.1 Å². The predicted octanol–water partition coefficient (Wildman–Crippen LogP) is 6.01. The van der Waals surface area contributed by atoms with E-state index < -0.39 is 5.25 Å². The third-order valence-corrected chi connectivity index (χ3v) is 7.32. The number of aryl methyl sites for hydroxylation is 2. The number of hydrogen-bond acceptors (Lipinski definition) is 6. The summed E-state index contributed by atoms with van der Waals surface area (Å²) in [6, 6.07) is 23.2. The SMILES string of the molecule is Cc1ccc(-c2nnc(SC3CC(=O)N(c4ccc(Br)cc4)C3=O)nc2-c2ccc(C)cc2)cc1. The van der Waals surface area contributed by atoms with Crippen molar-refractivity contribution in [2.24, 2.45) is 0 Å². The average molecular weight is 545 g/mol. The van der Waals surface area contributed by atoms with Gasteiger partial charge >= 0.3 is 0 Å². The van der Waals surface area contributed by atoms with Gasteiger partial charge in [-0.15, -0.1) is 10.2 Å². The Labute approximate surface area is 215 Å². The molecule has 1 aliphatic rings. The molecule has 0 bridgehead atoms. The molecule has 4 aromatic rings. The molecular formula is C27H21BrN4O2S. The highest BCUT2D eigenvalue weighted by atomic mass is 79.9. The lowest BCUT2D eigenvalue weighted by molar-refractivity contribution is -0.121. The summed E-state index contributed by atoms with van der Waals surface area (Å²) in [7, 11) is 0. The van der Waals surface area contributed by atoms with Crippen LogP contribution < -0.4 is 4.90 Å². The zero-order valence-corrected chi connectivity index (χ0v) is 21.5. The molecule has 0 saturated carbocycles. The third kappa shape index (κ3) is 4.90. The Bertz CT molecular complexity index is 1410. The summed E-state index contributed by atoms with van der Waals surface area (Å²) in [6.07, 6.45) is 0.0858. The summed E-state index contributed by atoms with van der Waals surface area (Å²) in [5.74, 6) is -0.511. The lowest BCUT2D eigenvalue weighted by atomic mass is 10.0. The van der Waals surface area contributed by atoms with E-state index in [4.69, 9.17) is 4.98 Å². The first-order valence-corrected chi connectivity index (χ1v) is 12.7. The van der Waals surface area contributed by atoms with Crippen LogP contribution in [0.5, 0.6) is 0 Å². The molecule has 0 aliphatic carbocycles. The van der Waals surface area contributed by atoms with Crippen molar-refractivity contribution < 1.29 is 9.59 Å². The van der Waals surface area contributed by atoms with Crippen molar-refractivity contribution in [3.63, 3.8) is 0 Å². The standard InChI is InChI=1S/C27H21BrN4O2S/c1-16-3-7-18(8-4-16)24-25(19-9-5-17(2)6-10-19)30-31-27(29-24)35-22-15-23(33)32(26(22)34)21-13-11-20(28)12-14-21/h3-14,22H,15H2,1-2H3. The van der Waals surface area contributed by atoms with Gasteiger partial charge in [0.1, 0.15) is 16.6 Å². The van der Waals surface area contributed by atoms with Crippen molar-refractivity contribution in [1.82, 2.24) is 15.2 Å². The topological polar surface area (TPSA) is 76.1 Å². The first-order chi connectivity index (χ1) is 16.9. The van der Waals surface area contributed by atoms with Gasteiger partial charge in [-0.3, -0.25) is 9.59 Å². The van der Waals surface area contributed by atoms with Crippen LogP contribution in [-0.4, -0.2) is 32.2 Å². The number of hydrogen-bond donors (Lipinski definition) is 0. The molecule has 2 heterocycles. The molecule has 0 spiro atoms. The molecule has 0 N–H and O–H groups in total. The van der Waals surface area contributed by atoms with Crippen molar-refractivity contribution >= 4 is 45.2 Å². The number of benzene rings is 3. The summed E-state index contributed by atoms with van der Waals surface area (Å²) < 4.78 is 0.878. The monoisotopic (exact) mass is 544 g/mol. The second-order valence-corrected chi connectivity index (χ2v) is 10.5. The Morgan fingerprint density at radius 3 is 1.97 bits per heavy atom. The Hall–Kier alpha value is -3.36. The number of anilines is 1. The summed E-state index contributed by atoms with van der Waals surface area (Å²) in [5.41, 5.74) is 6.03. The number of amides is 2. The largest absolute Gasteiger partial charge is 0.274 e. The smallest absolute Gasteiger partial charge is 0.247 e. The third-order valence-electron chi connectivity index (χ3n) is 5.76. The second kappa shape index (κ2) is 9.71. The minimum absolute atomic E-state index is 0.0858. The first kappa shape index (κ1) is 23.4. The summed E-state index contributed by atoms with van der Waals surface area (Å²) in [5, 5.41) is 8.58. The van der Waals surface area contributed by atoms with Crippen LogP contribution in [0, 0.1) is 13.8 Å². The molecule has 2 amide bonds. The van der Waals surface area contributed by atoms with Crippen LogP contribution in [0.4, 0.5) is 5.69 Å². The lowest BCUT2D eigenvalue weighted by Crippen LogP contribution is -2.31. The van der Waals surface area contributed by atoms with Crippen molar-refractivity contribution in [1.29, 1.82) is 0 Å². The van der Waals surface area contributed by atoms with Gasteiger partial charge in [0.05, 0.1) is 5.69 Å². The number of halogens is 1. The van der Waals surface area contributed by atoms with Gasteiger partial charge in [-0.2, -0.15) is 0 Å². The Balaban J connectivity index is 1.47. The normalized spacial score (nSPS) is 15.6. The summed E-state index contributed by atoms with van der Waals surface area (Å²) >= 11 is 4.56. The fourth-order valence-corrected chi connectivity index (χ4v) is 5.05. The predicted molar refractivity (Wildman–Crippen MR) is 141 cm³/mol. The minimum atomic E-state index is -0.607. The molecule has 174 valence electrons. The van der Waals surface area contributed by atoms with Crippen LogP contribution in [-0.2, 0) is 9.59 Å². The molecule has 6 nitrogen and oxygen atoms in total. The molecule has 1 atom stereocenters. The number of nitrogens with zero attached hydrogens (tertiary/aromatic N) is 4. The van der Waals surface area contributed by atoms with Gasteiger partial charge in [0.15, 0.2) is 0 Å². The molecule has 1 aromatic heterocycles. The number of carbonyl (C=O) groups is 2. The van der Waals surface area contributed by atoms with E-state index in [9.17, 15) is 9.59 Å². The summed E-state index contributed by atoms with van der Waals surface area (Å²) in [6.45, 7) is 4.07. The Kier molecular flexibility index (Phi) is 6.49. The van der Waals surface area contributed by atoms with E-state index in [1.54, 1.807) is 24.3 Å². The van der Waals surface area contributed by atoms with Crippen LogP contribution in [0.2, 0.25) is 0 Å². The highest BCUT2D eigenvalue weighted by Crippen LogP contribution is 2.35. The zero-order chi connectivity index (χ0) is 24.5. The maximum Gasteiger partial charge on any atom is 0.247 e. The molecule has 8 heteroatoms. The molecule has 1 aliphatic heterocycles. The Morgan fingerprint density at radius 2 is 1.37 bits per heavy atom. The molecule has 35 heavy (non-hydrogen) atoms. The van der Waals surface area contributed by atoms with Crippen LogP contribution in [0.25, 0.3) is 22.5 Å². The molecule has 1 saturated heterocycles. The number of carbonyl (C=O) groups excluding carboxylic acids is 2. The van der Waals surface area contributed by atoms with Crippen molar-refractivity contribution in [2.45, 2.75) is 30.7 Å². The van der Waals surface area contributed by atoms with Gasteiger partial charge < -0.3 is 0 Å². The highest BCUT2D eigenvalue weighted by Gasteiger charge is 2.40. The number of thioether (sulfide) groups is 1. The van der Waals surface area contributed by atoms with Gasteiger partial charge in [0, 0.05) is 22.0 Å². The van der Waals surface area contributed by atoms with Crippen molar-refractivity contribution in [2.75, 3.05) is 4.90 Å². The maximum absolute atomic E-state index is 13.1. The van der Waals surface area contributed by atoms with Crippen LogP contribution >= 0.6 is 27.7 Å². The zero-order valence-electron chi connectivity index (χ0n) is 19.1. The molecule has 3 aromatic carbocycles. The van der Waals surface area contributed by atoms with E-state index >= 15 is 0 Å². The van der Waals surface area contributed by atoms with Crippen LogP contribution in [0.15, 0.2) is 82.4 Å². The average Bonchev–Trinajstić information content (AvgIpc) is 3.13. The van der Waals surface area contributed by atoms with Gasteiger partial charge in [-0.1, -0.05) is 87.3 Å². The van der Waals surface area contributed by atoms with E-state index in [-0.39, 0.29) is 18.2 Å². The molecule has 1 fully saturated rings. The van der Waals surface area contributed by atoms with E-state index in [2.05, 4.69) is 26.1 Å². The summed E-state index contributed by atoms with van der Waals surface area (Å²) in [4.78, 5) is 31.8. The van der Waals surface area contributed by atoms with E-state index in [1.165, 1.54) is 16.7 Å². The highest BCUT2D eigenvalue weighted by molar-refractivity contribution is 9.10. The number of aromatic nitrogens is 3. The van der Waals surface area contributed by atoms with Crippen molar-refractivity contribution in [3.8, 4) is 22.5 Å². The van der Waals surface area contributed by atoms with Gasteiger partial charge in [0.2, 0.25) is 17.0 Å². The molecular weight excluding hydrogens is 524 g/mol. The Morgan fingerprint density at radius 1 is 0.800 bits per heavy atom. The maximum atomic E-state index is 13.1. The second-order valence-electron chi connectivity index (χ2n) is 8.38. The lowest BCUT2D eigenvalue weighted by Gasteiger charge is -2.15. The molecule has 5 rings (SSSR count). The van der Waals surface area contributed by atoms with Crippen molar-refractivity contribution in [3.05, 3.63) is 88.4 Å². The molecule has 1 unspecified atom stereocenters. The van der Waals surface area contributed by atoms with Crippen LogP contribution in [0.1, 0.15) is 17.5 Å².